The first-order valence-electron chi connectivity index (χ1n) is 13.2. The molecule has 10 heteroatoms. The molecule has 1 aromatic heterocycles. The van der Waals surface area contributed by atoms with E-state index >= 15 is 0 Å². The maximum absolute atomic E-state index is 12.6. The second kappa shape index (κ2) is 13.1. The number of anilines is 3. The molecule has 0 radical (unpaired) electrons. The highest BCUT2D eigenvalue weighted by Gasteiger charge is 2.14. The summed E-state index contributed by atoms with van der Waals surface area (Å²) in [5.41, 5.74) is 2.73. The van der Waals surface area contributed by atoms with Gasteiger partial charge in [-0.1, -0.05) is 6.07 Å². The molecular weight excluding hydrogens is 510 g/mol. The molecule has 0 saturated carbocycles. The number of methoxy groups -OCH3 is 2. The lowest BCUT2D eigenvalue weighted by Crippen LogP contribution is -2.37. The number of nitrogens with one attached hydrogen (secondary N) is 2. The molecule has 1 fully saturated rings. The molecule has 208 valence electrons. The first-order chi connectivity index (χ1) is 19.6. The highest BCUT2D eigenvalue weighted by Crippen LogP contribution is 2.35. The molecule has 1 saturated heterocycles. The van der Waals surface area contributed by atoms with Crippen LogP contribution in [0.5, 0.6) is 17.2 Å². The molecule has 0 bridgehead atoms. The minimum atomic E-state index is -0.215. The van der Waals surface area contributed by atoms with E-state index in [1.165, 1.54) is 6.33 Å². The van der Waals surface area contributed by atoms with E-state index in [4.69, 9.17) is 18.9 Å². The molecule has 4 aromatic rings. The fraction of sp³-hybridized carbons (Fsp3) is 0.300. The van der Waals surface area contributed by atoms with Crippen LogP contribution >= 0.6 is 0 Å². The largest absolute Gasteiger partial charge is 0.497 e. The highest BCUT2D eigenvalue weighted by molar-refractivity contribution is 6.04. The van der Waals surface area contributed by atoms with Crippen LogP contribution in [0.3, 0.4) is 0 Å². The van der Waals surface area contributed by atoms with Gasteiger partial charge in [-0.3, -0.25) is 9.69 Å². The average molecular weight is 544 g/mol. The molecule has 0 unspecified atom stereocenters. The summed E-state index contributed by atoms with van der Waals surface area (Å²) in [6.07, 6.45) is 2.43. The predicted molar refractivity (Wildman–Crippen MR) is 154 cm³/mol. The molecule has 1 aliphatic rings. The van der Waals surface area contributed by atoms with E-state index < -0.39 is 0 Å². The van der Waals surface area contributed by atoms with Gasteiger partial charge in [-0.25, -0.2) is 9.97 Å². The zero-order chi connectivity index (χ0) is 27.7. The Kier molecular flexibility index (Phi) is 8.89. The van der Waals surface area contributed by atoms with Crippen molar-refractivity contribution in [2.45, 2.75) is 6.42 Å². The van der Waals surface area contributed by atoms with Crippen LogP contribution in [0.15, 0.2) is 67.0 Å². The zero-order valence-electron chi connectivity index (χ0n) is 22.7. The van der Waals surface area contributed by atoms with Crippen molar-refractivity contribution in [3.8, 4) is 17.2 Å². The average Bonchev–Trinajstić information content (AvgIpc) is 3.00. The third kappa shape index (κ3) is 6.77. The molecule has 1 aliphatic heterocycles. The van der Waals surface area contributed by atoms with Gasteiger partial charge in [0.05, 0.1) is 39.6 Å². The maximum atomic E-state index is 12.6. The Morgan fingerprint density at radius 1 is 0.950 bits per heavy atom. The Hall–Kier alpha value is -4.41. The number of ether oxygens (including phenoxy) is 4. The Balaban J connectivity index is 1.23. The van der Waals surface area contributed by atoms with E-state index in [0.717, 1.165) is 55.9 Å². The van der Waals surface area contributed by atoms with E-state index in [1.54, 1.807) is 38.5 Å². The van der Waals surface area contributed by atoms with Crippen molar-refractivity contribution in [2.24, 2.45) is 0 Å². The highest BCUT2D eigenvalue weighted by atomic mass is 16.5. The van der Waals surface area contributed by atoms with Crippen LogP contribution in [0, 0.1) is 0 Å². The fourth-order valence-corrected chi connectivity index (χ4v) is 4.47. The lowest BCUT2D eigenvalue weighted by molar-refractivity contribution is 0.0357. The van der Waals surface area contributed by atoms with Crippen LogP contribution in [0.1, 0.15) is 16.8 Å². The fourth-order valence-electron chi connectivity index (χ4n) is 4.47. The Labute approximate surface area is 233 Å². The van der Waals surface area contributed by atoms with E-state index in [-0.39, 0.29) is 5.91 Å². The first-order valence-corrected chi connectivity index (χ1v) is 13.2. The number of rotatable bonds is 11. The van der Waals surface area contributed by atoms with E-state index in [2.05, 4.69) is 25.5 Å². The van der Waals surface area contributed by atoms with Crippen LogP contribution in [0.4, 0.5) is 17.2 Å². The Bertz CT molecular complexity index is 1440. The lowest BCUT2D eigenvalue weighted by Gasteiger charge is -2.26. The van der Waals surface area contributed by atoms with E-state index in [0.29, 0.717) is 40.9 Å². The number of morpholine rings is 1. The number of hydrogen-bond donors (Lipinski definition) is 2. The summed E-state index contributed by atoms with van der Waals surface area (Å²) in [4.78, 5) is 23.9. The number of fused-ring (bicyclic) bond motifs is 1. The van der Waals surface area contributed by atoms with Crippen LogP contribution in [0.25, 0.3) is 10.9 Å². The normalized spacial score (nSPS) is 13.6. The molecule has 0 aliphatic carbocycles. The van der Waals surface area contributed by atoms with Gasteiger partial charge in [0.15, 0.2) is 11.5 Å². The van der Waals surface area contributed by atoms with Crippen molar-refractivity contribution in [3.63, 3.8) is 0 Å². The van der Waals surface area contributed by atoms with Gasteiger partial charge in [0.25, 0.3) is 5.91 Å². The minimum Gasteiger partial charge on any atom is -0.497 e. The molecule has 0 atom stereocenters. The van der Waals surface area contributed by atoms with Crippen molar-refractivity contribution >= 4 is 34.0 Å². The number of carbonyl (C=O) groups excluding carboxylic acids is 1. The van der Waals surface area contributed by atoms with Crippen molar-refractivity contribution in [1.29, 1.82) is 0 Å². The molecule has 40 heavy (non-hydrogen) atoms. The van der Waals surface area contributed by atoms with Crippen molar-refractivity contribution < 1.29 is 23.7 Å². The third-order valence-corrected chi connectivity index (χ3v) is 6.64. The number of aromatic nitrogens is 2. The second-order valence-corrected chi connectivity index (χ2v) is 9.29. The van der Waals surface area contributed by atoms with Gasteiger partial charge < -0.3 is 29.6 Å². The van der Waals surface area contributed by atoms with Crippen LogP contribution < -0.4 is 24.8 Å². The summed E-state index contributed by atoms with van der Waals surface area (Å²) in [6.45, 7) is 5.06. The summed E-state index contributed by atoms with van der Waals surface area (Å²) < 4.78 is 22.3. The van der Waals surface area contributed by atoms with Gasteiger partial charge in [0.1, 0.15) is 17.9 Å². The van der Waals surface area contributed by atoms with Crippen LogP contribution in [-0.2, 0) is 4.74 Å². The monoisotopic (exact) mass is 543 g/mol. The second-order valence-electron chi connectivity index (χ2n) is 9.29. The Morgan fingerprint density at radius 3 is 2.52 bits per heavy atom. The van der Waals surface area contributed by atoms with Crippen LogP contribution in [-0.4, -0.2) is 74.4 Å². The summed E-state index contributed by atoms with van der Waals surface area (Å²) in [5.74, 6) is 2.32. The first kappa shape index (κ1) is 27.2. The lowest BCUT2D eigenvalue weighted by atomic mass is 10.2. The number of carbonyl (C=O) groups is 1. The van der Waals surface area contributed by atoms with Gasteiger partial charge in [0.2, 0.25) is 0 Å². The molecule has 0 spiro atoms. The zero-order valence-corrected chi connectivity index (χ0v) is 22.7. The van der Waals surface area contributed by atoms with Crippen molar-refractivity contribution in [2.75, 3.05) is 64.3 Å². The number of amides is 1. The predicted octanol–water partition coefficient (Wildman–Crippen LogP) is 4.74. The molecule has 5 rings (SSSR count). The molecule has 3 aromatic carbocycles. The number of nitrogens with zero attached hydrogens (tertiary/aromatic N) is 3. The summed E-state index contributed by atoms with van der Waals surface area (Å²) in [7, 11) is 3.19. The Morgan fingerprint density at radius 2 is 1.75 bits per heavy atom. The van der Waals surface area contributed by atoms with Gasteiger partial charge in [0, 0.05) is 48.0 Å². The molecule has 2 heterocycles. The number of benzene rings is 3. The summed E-state index contributed by atoms with van der Waals surface area (Å²) in [6, 6.07) is 18.2. The minimum absolute atomic E-state index is 0.215. The van der Waals surface area contributed by atoms with E-state index in [1.807, 2.05) is 36.4 Å². The molecule has 2 N–H and O–H groups in total. The quantitative estimate of drug-likeness (QED) is 0.259. The number of hydrogen-bond acceptors (Lipinski definition) is 9. The molecular formula is C30H33N5O5. The smallest absolute Gasteiger partial charge is 0.255 e. The SMILES string of the molecule is COc1cccc(C(=O)Nc2ccc(Nc3ncnc4cc(OCCCN5CCOCC5)c(OC)cc34)cc2)c1. The van der Waals surface area contributed by atoms with Gasteiger partial charge in [-0.2, -0.15) is 0 Å². The standard InChI is InChI=1S/C30H33N5O5/c1-37-24-6-3-5-21(17-24)30(36)34-23-9-7-22(8-10-23)33-29-25-18-27(38-2)28(19-26(25)31-20-32-29)40-14-4-11-35-12-15-39-16-13-35/h3,5-10,17-20H,4,11-16H2,1-2H3,(H,34,36)(H,31,32,33). The van der Waals surface area contributed by atoms with E-state index in [9.17, 15) is 4.79 Å². The molecule has 10 nitrogen and oxygen atoms in total. The summed E-state index contributed by atoms with van der Waals surface area (Å²) >= 11 is 0. The van der Waals surface area contributed by atoms with Gasteiger partial charge in [-0.05, 0) is 55.0 Å². The molecule has 1 amide bonds. The van der Waals surface area contributed by atoms with Crippen molar-refractivity contribution in [1.82, 2.24) is 14.9 Å². The summed E-state index contributed by atoms with van der Waals surface area (Å²) in [5, 5.41) is 7.05. The third-order valence-electron chi connectivity index (χ3n) is 6.64. The topological polar surface area (TPSA) is 107 Å². The van der Waals surface area contributed by atoms with Gasteiger partial charge >= 0.3 is 0 Å². The van der Waals surface area contributed by atoms with Crippen molar-refractivity contribution in [3.05, 3.63) is 72.6 Å². The maximum Gasteiger partial charge on any atom is 0.255 e. The van der Waals surface area contributed by atoms with Crippen LogP contribution in [0.2, 0.25) is 0 Å². The van der Waals surface area contributed by atoms with Gasteiger partial charge in [-0.15, -0.1) is 0 Å².